The van der Waals surface area contributed by atoms with E-state index in [-0.39, 0.29) is 24.2 Å². The summed E-state index contributed by atoms with van der Waals surface area (Å²) in [5, 5.41) is 12.8. The van der Waals surface area contributed by atoms with Crippen LogP contribution in [0.5, 0.6) is 0 Å². The van der Waals surface area contributed by atoms with Gasteiger partial charge in [-0.2, -0.15) is 0 Å². The molecule has 1 aromatic carbocycles. The first-order valence-corrected chi connectivity index (χ1v) is 12.4. The molecule has 0 radical (unpaired) electrons. The summed E-state index contributed by atoms with van der Waals surface area (Å²) in [7, 11) is 0. The molecule has 188 valence electrons. The number of aliphatic carboxylic acids is 1. The van der Waals surface area contributed by atoms with Crippen LogP contribution >= 0.6 is 0 Å². The Labute approximate surface area is 209 Å². The standard InChI is InChI=1S/C27H30N4O5/c1-17-12-18(15-31-16-28-14-23(17)31)13-24(26(33)34)36-27(35)30-10-8-19(9-11-30)21-7-6-20-4-2-3-5-22(20)29-25(21)32/h2-5,12,14-16,19,21,24H,6-11,13H2,1H3,(H,29,32)(H,33,34). The number of hydrogen-bond acceptors (Lipinski definition) is 5. The first kappa shape index (κ1) is 23.8. The second kappa shape index (κ2) is 10.0. The van der Waals surface area contributed by atoms with Crippen LogP contribution in [-0.4, -0.2) is 56.6 Å². The van der Waals surface area contributed by atoms with Gasteiger partial charge in [-0.3, -0.25) is 4.79 Å². The highest BCUT2D eigenvalue weighted by Gasteiger charge is 2.35. The van der Waals surface area contributed by atoms with Crippen molar-refractivity contribution in [1.82, 2.24) is 14.3 Å². The monoisotopic (exact) mass is 490 g/mol. The van der Waals surface area contributed by atoms with Crippen LogP contribution in [0.2, 0.25) is 0 Å². The number of fused-ring (bicyclic) bond motifs is 2. The Bertz CT molecular complexity index is 1290. The van der Waals surface area contributed by atoms with Crippen molar-refractivity contribution < 1.29 is 24.2 Å². The van der Waals surface area contributed by atoms with Crippen molar-refractivity contribution >= 4 is 29.2 Å². The molecular formula is C27H30N4O5. The average Bonchev–Trinajstić information content (AvgIpc) is 3.27. The second-order valence-corrected chi connectivity index (χ2v) is 9.75. The van der Waals surface area contributed by atoms with Crippen molar-refractivity contribution in [3.8, 4) is 0 Å². The maximum atomic E-state index is 12.9. The number of rotatable bonds is 5. The molecule has 0 bridgehead atoms. The predicted molar refractivity (Wildman–Crippen MR) is 133 cm³/mol. The van der Waals surface area contributed by atoms with Gasteiger partial charge in [-0.25, -0.2) is 14.6 Å². The number of carboxylic acids is 1. The van der Waals surface area contributed by atoms with Crippen molar-refractivity contribution in [2.45, 2.75) is 45.1 Å². The van der Waals surface area contributed by atoms with Gasteiger partial charge in [0, 0.05) is 37.3 Å². The Morgan fingerprint density at radius 3 is 2.78 bits per heavy atom. The maximum absolute atomic E-state index is 12.9. The largest absolute Gasteiger partial charge is 0.478 e. The molecular weight excluding hydrogens is 460 g/mol. The molecule has 2 aliphatic rings. The lowest BCUT2D eigenvalue weighted by Crippen LogP contribution is -2.44. The number of anilines is 1. The van der Waals surface area contributed by atoms with E-state index in [9.17, 15) is 19.5 Å². The molecule has 2 aromatic heterocycles. The summed E-state index contributed by atoms with van der Waals surface area (Å²) < 4.78 is 7.27. The van der Waals surface area contributed by atoms with Crippen LogP contribution in [0.4, 0.5) is 10.5 Å². The molecule has 9 heteroatoms. The molecule has 4 heterocycles. The van der Waals surface area contributed by atoms with E-state index in [0.29, 0.717) is 25.9 Å². The van der Waals surface area contributed by atoms with Gasteiger partial charge in [-0.05, 0) is 61.3 Å². The van der Waals surface area contributed by atoms with Gasteiger partial charge in [-0.1, -0.05) is 24.3 Å². The van der Waals surface area contributed by atoms with Crippen molar-refractivity contribution in [3.63, 3.8) is 0 Å². The average molecular weight is 491 g/mol. The normalized spacial score (nSPS) is 19.3. The third-order valence-electron chi connectivity index (χ3n) is 7.42. The van der Waals surface area contributed by atoms with Crippen LogP contribution in [-0.2, 0) is 27.2 Å². The zero-order valence-electron chi connectivity index (χ0n) is 20.2. The molecule has 0 spiro atoms. The topological polar surface area (TPSA) is 113 Å². The summed E-state index contributed by atoms with van der Waals surface area (Å²) >= 11 is 0. The van der Waals surface area contributed by atoms with Crippen LogP contribution in [0.25, 0.3) is 5.52 Å². The number of nitrogens with one attached hydrogen (secondary N) is 1. The molecule has 2 unspecified atom stereocenters. The zero-order valence-corrected chi connectivity index (χ0v) is 20.2. The Balaban J connectivity index is 1.18. The molecule has 3 aromatic rings. The predicted octanol–water partition coefficient (Wildman–Crippen LogP) is 3.69. The number of carboxylic acid groups (broad SMARTS) is 1. The third-order valence-corrected chi connectivity index (χ3v) is 7.42. The highest BCUT2D eigenvalue weighted by molar-refractivity contribution is 5.94. The number of hydrogen-bond donors (Lipinski definition) is 2. The SMILES string of the molecule is Cc1cc(CC(OC(=O)N2CCC(C3CCc4ccccc4NC3=O)CC2)C(=O)O)cn2cncc12. The lowest BCUT2D eigenvalue weighted by atomic mass is 9.81. The minimum absolute atomic E-state index is 0.0390. The van der Waals surface area contributed by atoms with Crippen LogP contribution in [0, 0.1) is 18.8 Å². The molecule has 1 fully saturated rings. The van der Waals surface area contributed by atoms with Gasteiger partial charge < -0.3 is 24.5 Å². The number of likely N-dealkylation sites (tertiary alicyclic amines) is 1. The van der Waals surface area contributed by atoms with E-state index in [4.69, 9.17) is 4.74 Å². The van der Waals surface area contributed by atoms with E-state index in [2.05, 4.69) is 10.3 Å². The highest BCUT2D eigenvalue weighted by atomic mass is 16.6. The summed E-state index contributed by atoms with van der Waals surface area (Å²) in [5.41, 5.74) is 4.69. The number of carbonyl (C=O) groups is 3. The minimum atomic E-state index is -1.29. The number of benzene rings is 1. The fraction of sp³-hybridized carbons (Fsp3) is 0.407. The number of ether oxygens (including phenoxy) is 1. The summed E-state index contributed by atoms with van der Waals surface area (Å²) in [4.78, 5) is 43.3. The number of pyridine rings is 1. The molecule has 2 atom stereocenters. The zero-order chi connectivity index (χ0) is 25.2. The van der Waals surface area contributed by atoms with E-state index in [0.717, 1.165) is 40.7 Å². The van der Waals surface area contributed by atoms with Gasteiger partial charge in [0.15, 0.2) is 0 Å². The van der Waals surface area contributed by atoms with Gasteiger partial charge in [0.25, 0.3) is 0 Å². The van der Waals surface area contributed by atoms with Crippen molar-refractivity contribution in [1.29, 1.82) is 0 Å². The molecule has 2 aliphatic heterocycles. The number of aryl methyl sites for hydroxylation is 2. The van der Waals surface area contributed by atoms with Crippen molar-refractivity contribution in [2.24, 2.45) is 11.8 Å². The second-order valence-electron chi connectivity index (χ2n) is 9.75. The molecule has 0 aliphatic carbocycles. The van der Waals surface area contributed by atoms with Crippen LogP contribution in [0.15, 0.2) is 49.1 Å². The summed E-state index contributed by atoms with van der Waals surface area (Å²) in [5.74, 6) is -1.08. The van der Waals surface area contributed by atoms with E-state index in [1.165, 1.54) is 0 Å². The number of carbonyl (C=O) groups excluding carboxylic acids is 2. The lowest BCUT2D eigenvalue weighted by molar-refractivity contribution is -0.147. The van der Waals surface area contributed by atoms with E-state index in [1.807, 2.05) is 41.7 Å². The fourth-order valence-electron chi connectivity index (χ4n) is 5.44. The quantitative estimate of drug-likeness (QED) is 0.564. The fourth-order valence-corrected chi connectivity index (χ4v) is 5.44. The first-order chi connectivity index (χ1) is 17.4. The highest BCUT2D eigenvalue weighted by Crippen LogP contribution is 2.33. The molecule has 2 amide bonds. The number of piperidine rings is 1. The van der Waals surface area contributed by atoms with Gasteiger partial charge >= 0.3 is 12.1 Å². The van der Waals surface area contributed by atoms with Crippen molar-refractivity contribution in [3.05, 3.63) is 65.7 Å². The number of imidazole rings is 1. The van der Waals surface area contributed by atoms with Crippen LogP contribution < -0.4 is 5.32 Å². The summed E-state index contributed by atoms with van der Waals surface area (Å²) in [6.45, 7) is 2.80. The maximum Gasteiger partial charge on any atom is 0.410 e. The van der Waals surface area contributed by atoms with E-state index < -0.39 is 18.2 Å². The Kier molecular flexibility index (Phi) is 6.63. The number of aromatic nitrogens is 2. The van der Waals surface area contributed by atoms with Crippen LogP contribution in [0.1, 0.15) is 36.0 Å². The molecule has 5 rings (SSSR count). The number of para-hydroxylation sites is 1. The van der Waals surface area contributed by atoms with Gasteiger partial charge in [0.2, 0.25) is 12.0 Å². The molecule has 1 saturated heterocycles. The van der Waals surface area contributed by atoms with Crippen molar-refractivity contribution in [2.75, 3.05) is 18.4 Å². The number of amides is 2. The Morgan fingerprint density at radius 1 is 1.22 bits per heavy atom. The third kappa shape index (κ3) is 4.91. The number of nitrogens with zero attached hydrogens (tertiary/aromatic N) is 3. The Hall–Kier alpha value is -3.88. The van der Waals surface area contributed by atoms with Crippen LogP contribution in [0.3, 0.4) is 0 Å². The van der Waals surface area contributed by atoms with Gasteiger partial charge in [-0.15, -0.1) is 0 Å². The smallest absolute Gasteiger partial charge is 0.410 e. The summed E-state index contributed by atoms with van der Waals surface area (Å²) in [6.07, 6.45) is 6.33. The minimum Gasteiger partial charge on any atom is -0.478 e. The molecule has 36 heavy (non-hydrogen) atoms. The molecule has 2 N–H and O–H groups in total. The van der Waals surface area contributed by atoms with Gasteiger partial charge in [0.05, 0.1) is 18.0 Å². The summed E-state index contributed by atoms with van der Waals surface area (Å²) in [6, 6.07) is 9.77. The van der Waals surface area contributed by atoms with Gasteiger partial charge in [0.1, 0.15) is 0 Å². The lowest BCUT2D eigenvalue weighted by Gasteiger charge is -2.35. The first-order valence-electron chi connectivity index (χ1n) is 12.4. The molecule has 0 saturated carbocycles. The van der Waals surface area contributed by atoms with E-state index >= 15 is 0 Å². The molecule has 9 nitrogen and oxygen atoms in total. The Morgan fingerprint density at radius 2 is 2.00 bits per heavy atom. The van der Waals surface area contributed by atoms with E-state index in [1.54, 1.807) is 23.6 Å².